The Balaban J connectivity index is 3.10. The molecule has 1 atom stereocenters. The molecule has 0 amide bonds. The molecule has 14 heavy (non-hydrogen) atoms. The zero-order valence-electron chi connectivity index (χ0n) is 8.49. The number of thiol groups is 1. The Bertz CT molecular complexity index is 317. The molecule has 78 valence electrons. The quantitative estimate of drug-likeness (QED) is 0.635. The summed E-state index contributed by atoms with van der Waals surface area (Å²) < 4.78 is 5.24. The highest BCUT2D eigenvalue weighted by Gasteiger charge is 2.14. The van der Waals surface area contributed by atoms with E-state index in [0.29, 0.717) is 5.02 Å². The van der Waals surface area contributed by atoms with Gasteiger partial charge in [-0.3, -0.25) is 4.90 Å². The number of benzene rings is 1. The molecule has 1 unspecified atom stereocenters. The highest BCUT2D eigenvalue weighted by molar-refractivity contribution is 7.80. The van der Waals surface area contributed by atoms with E-state index in [4.69, 9.17) is 16.3 Å². The third kappa shape index (κ3) is 2.56. The van der Waals surface area contributed by atoms with Crippen LogP contribution in [0.3, 0.4) is 0 Å². The van der Waals surface area contributed by atoms with E-state index in [-0.39, 0.29) is 5.37 Å². The average molecular weight is 232 g/mol. The van der Waals surface area contributed by atoms with Gasteiger partial charge in [-0.1, -0.05) is 11.6 Å². The lowest BCUT2D eigenvalue weighted by atomic mass is 10.2. The molecule has 0 spiro atoms. The molecule has 0 aliphatic rings. The maximum absolute atomic E-state index is 5.91. The van der Waals surface area contributed by atoms with Crippen LogP contribution in [0, 0.1) is 0 Å². The number of nitrogens with zero attached hydrogens (tertiary/aromatic N) is 1. The van der Waals surface area contributed by atoms with Gasteiger partial charge >= 0.3 is 0 Å². The first-order valence-electron chi connectivity index (χ1n) is 4.24. The van der Waals surface area contributed by atoms with E-state index in [1.54, 1.807) is 13.2 Å². The predicted molar refractivity (Wildman–Crippen MR) is 63.4 cm³/mol. The molecule has 1 rings (SSSR count). The van der Waals surface area contributed by atoms with Crippen molar-refractivity contribution < 1.29 is 4.74 Å². The summed E-state index contributed by atoms with van der Waals surface area (Å²) in [5.41, 5.74) is 0.980. The van der Waals surface area contributed by atoms with Gasteiger partial charge in [-0.2, -0.15) is 12.6 Å². The molecule has 0 aliphatic heterocycles. The van der Waals surface area contributed by atoms with Gasteiger partial charge in [-0.25, -0.2) is 0 Å². The molecular weight excluding hydrogens is 218 g/mol. The van der Waals surface area contributed by atoms with Crippen LogP contribution in [-0.2, 0) is 0 Å². The van der Waals surface area contributed by atoms with E-state index in [9.17, 15) is 0 Å². The first kappa shape index (κ1) is 11.7. The Hall–Kier alpha value is -0.380. The van der Waals surface area contributed by atoms with Crippen LogP contribution in [0.2, 0.25) is 5.02 Å². The summed E-state index contributed by atoms with van der Waals surface area (Å²) >= 11 is 10.4. The summed E-state index contributed by atoms with van der Waals surface area (Å²) in [6.07, 6.45) is 0. The van der Waals surface area contributed by atoms with Crippen LogP contribution in [0.1, 0.15) is 10.9 Å². The number of ether oxygens (including phenoxy) is 1. The van der Waals surface area contributed by atoms with Crippen molar-refractivity contribution in [2.45, 2.75) is 5.37 Å². The molecule has 0 aromatic heterocycles. The fourth-order valence-electron chi connectivity index (χ4n) is 1.19. The van der Waals surface area contributed by atoms with Crippen molar-refractivity contribution in [1.82, 2.24) is 4.90 Å². The largest absolute Gasteiger partial charge is 0.496 e. The second kappa shape index (κ2) is 4.91. The lowest BCUT2D eigenvalue weighted by Gasteiger charge is -2.21. The third-order valence-corrected chi connectivity index (χ3v) is 2.93. The minimum Gasteiger partial charge on any atom is -0.496 e. The van der Waals surface area contributed by atoms with Crippen LogP contribution in [-0.4, -0.2) is 26.1 Å². The number of rotatable bonds is 3. The smallest absolute Gasteiger partial charge is 0.124 e. The van der Waals surface area contributed by atoms with E-state index in [2.05, 4.69) is 12.6 Å². The van der Waals surface area contributed by atoms with Crippen molar-refractivity contribution in [2.24, 2.45) is 0 Å². The fraction of sp³-hybridized carbons (Fsp3) is 0.400. The summed E-state index contributed by atoms with van der Waals surface area (Å²) in [5.74, 6) is 0.808. The molecule has 1 aromatic rings. The van der Waals surface area contributed by atoms with Gasteiger partial charge in [0.25, 0.3) is 0 Å². The van der Waals surface area contributed by atoms with Crippen LogP contribution in [0.15, 0.2) is 18.2 Å². The molecule has 4 heteroatoms. The Morgan fingerprint density at radius 1 is 1.43 bits per heavy atom. The van der Waals surface area contributed by atoms with Gasteiger partial charge in [-0.05, 0) is 32.3 Å². The topological polar surface area (TPSA) is 12.5 Å². The van der Waals surface area contributed by atoms with Crippen molar-refractivity contribution in [1.29, 1.82) is 0 Å². The average Bonchev–Trinajstić information content (AvgIpc) is 2.16. The molecule has 0 aliphatic carbocycles. The molecule has 0 radical (unpaired) electrons. The normalized spacial score (nSPS) is 13.0. The van der Waals surface area contributed by atoms with Gasteiger partial charge < -0.3 is 4.74 Å². The lowest BCUT2D eigenvalue weighted by Crippen LogP contribution is -2.15. The minimum absolute atomic E-state index is 0.0105. The van der Waals surface area contributed by atoms with E-state index >= 15 is 0 Å². The summed E-state index contributed by atoms with van der Waals surface area (Å²) in [5, 5.41) is 0.686. The maximum atomic E-state index is 5.91. The third-order valence-electron chi connectivity index (χ3n) is 1.96. The number of hydrogen-bond donors (Lipinski definition) is 1. The van der Waals surface area contributed by atoms with Crippen molar-refractivity contribution >= 4 is 24.2 Å². The summed E-state index contributed by atoms with van der Waals surface area (Å²) in [6, 6.07) is 5.53. The summed E-state index contributed by atoms with van der Waals surface area (Å²) in [4.78, 5) is 1.98. The first-order chi connectivity index (χ1) is 6.56. The molecule has 1 aromatic carbocycles. The molecule has 0 heterocycles. The van der Waals surface area contributed by atoms with E-state index in [1.807, 2.05) is 31.1 Å². The van der Waals surface area contributed by atoms with E-state index in [0.717, 1.165) is 11.3 Å². The van der Waals surface area contributed by atoms with Crippen molar-refractivity contribution in [3.63, 3.8) is 0 Å². The maximum Gasteiger partial charge on any atom is 0.124 e. The Kier molecular flexibility index (Phi) is 4.11. The number of halogens is 1. The van der Waals surface area contributed by atoms with Gasteiger partial charge in [0.15, 0.2) is 0 Å². The monoisotopic (exact) mass is 231 g/mol. The van der Waals surface area contributed by atoms with E-state index < -0.39 is 0 Å². The summed E-state index contributed by atoms with van der Waals surface area (Å²) in [6.45, 7) is 0. The molecule has 2 nitrogen and oxygen atoms in total. The van der Waals surface area contributed by atoms with Gasteiger partial charge in [0.1, 0.15) is 5.75 Å². The first-order valence-corrected chi connectivity index (χ1v) is 5.13. The zero-order valence-corrected chi connectivity index (χ0v) is 10.1. The molecule has 0 N–H and O–H groups in total. The molecule has 0 fully saturated rings. The fourth-order valence-corrected chi connectivity index (χ4v) is 1.57. The van der Waals surface area contributed by atoms with Gasteiger partial charge in [0.2, 0.25) is 0 Å². The highest BCUT2D eigenvalue weighted by Crippen LogP contribution is 2.32. The van der Waals surface area contributed by atoms with Crippen LogP contribution in [0.4, 0.5) is 0 Å². The molecule has 0 saturated carbocycles. The van der Waals surface area contributed by atoms with Crippen molar-refractivity contribution in [2.75, 3.05) is 21.2 Å². The van der Waals surface area contributed by atoms with Crippen LogP contribution in [0.5, 0.6) is 5.75 Å². The summed E-state index contributed by atoms with van der Waals surface area (Å²) in [7, 11) is 5.55. The van der Waals surface area contributed by atoms with Crippen molar-refractivity contribution in [3.8, 4) is 5.75 Å². The molecule has 0 saturated heterocycles. The van der Waals surface area contributed by atoms with Gasteiger partial charge in [0.05, 0.1) is 12.5 Å². The van der Waals surface area contributed by atoms with E-state index in [1.165, 1.54) is 0 Å². The number of hydrogen-bond acceptors (Lipinski definition) is 3. The lowest BCUT2D eigenvalue weighted by molar-refractivity contribution is 0.366. The Morgan fingerprint density at radius 2 is 2.07 bits per heavy atom. The molecule has 0 bridgehead atoms. The van der Waals surface area contributed by atoms with Crippen LogP contribution >= 0.6 is 24.2 Å². The number of methoxy groups -OCH3 is 1. The zero-order chi connectivity index (χ0) is 10.7. The second-order valence-electron chi connectivity index (χ2n) is 3.22. The Labute approximate surface area is 95.2 Å². The molecular formula is C10H14ClNOS. The van der Waals surface area contributed by atoms with Gasteiger partial charge in [0, 0.05) is 10.6 Å². The van der Waals surface area contributed by atoms with Crippen molar-refractivity contribution in [3.05, 3.63) is 28.8 Å². The predicted octanol–water partition coefficient (Wildman–Crippen LogP) is 2.84. The van der Waals surface area contributed by atoms with Crippen LogP contribution < -0.4 is 4.74 Å². The Morgan fingerprint density at radius 3 is 2.57 bits per heavy atom. The second-order valence-corrected chi connectivity index (χ2v) is 4.15. The van der Waals surface area contributed by atoms with Crippen LogP contribution in [0.25, 0.3) is 0 Å². The highest BCUT2D eigenvalue weighted by atomic mass is 35.5. The standard InChI is InChI=1S/C10H14ClNOS/c1-12(2)10(14)8-6-7(11)4-5-9(8)13-3/h4-6,10,14H,1-3H3. The minimum atomic E-state index is -0.0105. The van der Waals surface area contributed by atoms with Gasteiger partial charge in [-0.15, -0.1) is 0 Å². The SMILES string of the molecule is COc1ccc(Cl)cc1C(S)N(C)C.